The first-order chi connectivity index (χ1) is 10.1. The molecule has 0 saturated carbocycles. The lowest BCUT2D eigenvalue weighted by atomic mass is 10.1. The van der Waals surface area contributed by atoms with Gasteiger partial charge in [0.05, 0.1) is 17.6 Å². The van der Waals surface area contributed by atoms with Crippen molar-refractivity contribution in [3.63, 3.8) is 0 Å². The molecule has 0 aliphatic carbocycles. The lowest BCUT2D eigenvalue weighted by Gasteiger charge is -2.14. The van der Waals surface area contributed by atoms with Crippen LogP contribution in [0.2, 0.25) is 0 Å². The van der Waals surface area contributed by atoms with E-state index in [1.807, 2.05) is 18.3 Å². The highest BCUT2D eigenvalue weighted by atomic mass is 16.3. The Bertz CT molecular complexity index is 581. The highest BCUT2D eigenvalue weighted by molar-refractivity contribution is 5.59. The number of benzene rings is 1. The Kier molecular flexibility index (Phi) is 5.11. The van der Waals surface area contributed by atoms with E-state index in [0.29, 0.717) is 18.3 Å². The summed E-state index contributed by atoms with van der Waals surface area (Å²) >= 11 is 0. The number of aromatic nitrogens is 2. The first kappa shape index (κ1) is 15.3. The summed E-state index contributed by atoms with van der Waals surface area (Å²) in [4.78, 5) is 9.08. The maximum Gasteiger partial charge on any atom is 0.159 e. The van der Waals surface area contributed by atoms with Crippen molar-refractivity contribution >= 4 is 5.69 Å². The molecule has 5 heteroatoms. The number of aromatic hydroxyl groups is 1. The van der Waals surface area contributed by atoms with Crippen LogP contribution in [0, 0.1) is 0 Å². The Morgan fingerprint density at radius 3 is 2.57 bits per heavy atom. The molecule has 1 aromatic heterocycles. The number of phenolic OH excluding ortho intramolecular Hbond substituents is 1. The Labute approximate surface area is 125 Å². The second kappa shape index (κ2) is 7.04. The van der Waals surface area contributed by atoms with E-state index < -0.39 is 0 Å². The molecule has 1 aromatic carbocycles. The van der Waals surface area contributed by atoms with Crippen LogP contribution in [0.1, 0.15) is 31.9 Å². The quantitative estimate of drug-likeness (QED) is 0.711. The van der Waals surface area contributed by atoms with E-state index in [2.05, 4.69) is 29.1 Å². The topological polar surface area (TPSA) is 84.1 Å². The van der Waals surface area contributed by atoms with Crippen molar-refractivity contribution < 1.29 is 5.11 Å². The highest BCUT2D eigenvalue weighted by Gasteiger charge is 2.11. The van der Waals surface area contributed by atoms with Crippen molar-refractivity contribution in [3.8, 4) is 17.1 Å². The Morgan fingerprint density at radius 1 is 1.24 bits per heavy atom. The van der Waals surface area contributed by atoms with Gasteiger partial charge in [-0.15, -0.1) is 0 Å². The van der Waals surface area contributed by atoms with Crippen LogP contribution in [0.25, 0.3) is 11.4 Å². The summed E-state index contributed by atoms with van der Waals surface area (Å²) < 4.78 is 0. The van der Waals surface area contributed by atoms with Crippen molar-refractivity contribution in [2.45, 2.75) is 26.2 Å². The van der Waals surface area contributed by atoms with Gasteiger partial charge in [0.2, 0.25) is 0 Å². The molecule has 0 unspecified atom stereocenters. The molecule has 0 aliphatic heterocycles. The van der Waals surface area contributed by atoms with E-state index in [9.17, 15) is 5.11 Å². The average Bonchev–Trinajstić information content (AvgIpc) is 2.48. The summed E-state index contributed by atoms with van der Waals surface area (Å²) in [7, 11) is 0. The zero-order chi connectivity index (χ0) is 15.2. The van der Waals surface area contributed by atoms with E-state index in [4.69, 9.17) is 5.73 Å². The lowest BCUT2D eigenvalue weighted by Crippen LogP contribution is -2.11. The minimum atomic E-state index is 0.239. The van der Waals surface area contributed by atoms with Gasteiger partial charge in [-0.1, -0.05) is 13.8 Å². The minimum Gasteiger partial charge on any atom is -0.508 e. The van der Waals surface area contributed by atoms with E-state index in [1.165, 1.54) is 0 Å². The summed E-state index contributed by atoms with van der Waals surface area (Å²) in [5.41, 5.74) is 8.35. The molecule has 0 fully saturated rings. The molecule has 0 amide bonds. The fraction of sp³-hybridized carbons (Fsp3) is 0.375. The molecule has 0 radical (unpaired) electrons. The number of hydrogen-bond donors (Lipinski definition) is 3. The van der Waals surface area contributed by atoms with Crippen LogP contribution in [-0.2, 0) is 0 Å². The third kappa shape index (κ3) is 3.92. The molecular formula is C16H22N4O. The van der Waals surface area contributed by atoms with E-state index in [1.54, 1.807) is 12.1 Å². The van der Waals surface area contributed by atoms with Gasteiger partial charge in [0.15, 0.2) is 5.82 Å². The van der Waals surface area contributed by atoms with Crippen molar-refractivity contribution in [2.75, 3.05) is 18.4 Å². The second-order valence-corrected chi connectivity index (χ2v) is 5.26. The molecule has 0 saturated heterocycles. The van der Waals surface area contributed by atoms with Crippen molar-refractivity contribution in [2.24, 2.45) is 5.73 Å². The van der Waals surface area contributed by atoms with Gasteiger partial charge in [-0.25, -0.2) is 9.97 Å². The Balaban J connectivity index is 2.29. The minimum absolute atomic E-state index is 0.239. The molecule has 0 atom stereocenters. The molecule has 0 aliphatic rings. The van der Waals surface area contributed by atoms with Gasteiger partial charge in [-0.2, -0.15) is 0 Å². The van der Waals surface area contributed by atoms with Crippen LogP contribution in [-0.4, -0.2) is 28.2 Å². The molecule has 4 N–H and O–H groups in total. The lowest BCUT2D eigenvalue weighted by molar-refractivity contribution is 0.475. The van der Waals surface area contributed by atoms with E-state index in [0.717, 1.165) is 29.9 Å². The van der Waals surface area contributed by atoms with Crippen LogP contribution in [0.4, 0.5) is 5.69 Å². The molecule has 2 aromatic rings. The zero-order valence-electron chi connectivity index (χ0n) is 12.5. The number of nitrogens with one attached hydrogen (secondary N) is 1. The van der Waals surface area contributed by atoms with Crippen LogP contribution in [0.15, 0.2) is 30.5 Å². The third-order valence-corrected chi connectivity index (χ3v) is 3.19. The van der Waals surface area contributed by atoms with Gasteiger partial charge >= 0.3 is 0 Å². The van der Waals surface area contributed by atoms with E-state index >= 15 is 0 Å². The summed E-state index contributed by atoms with van der Waals surface area (Å²) in [6.07, 6.45) is 2.73. The van der Waals surface area contributed by atoms with Crippen LogP contribution < -0.4 is 11.1 Å². The normalized spacial score (nSPS) is 10.9. The van der Waals surface area contributed by atoms with Crippen LogP contribution >= 0.6 is 0 Å². The van der Waals surface area contributed by atoms with Gasteiger partial charge in [0.1, 0.15) is 5.75 Å². The molecule has 0 bridgehead atoms. The Morgan fingerprint density at radius 2 is 1.95 bits per heavy atom. The third-order valence-electron chi connectivity index (χ3n) is 3.19. The zero-order valence-corrected chi connectivity index (χ0v) is 12.5. The number of nitrogens with zero attached hydrogens (tertiary/aromatic N) is 2. The molecule has 21 heavy (non-hydrogen) atoms. The van der Waals surface area contributed by atoms with Gasteiger partial charge in [-0.05, 0) is 43.1 Å². The fourth-order valence-electron chi connectivity index (χ4n) is 2.05. The predicted molar refractivity (Wildman–Crippen MR) is 85.4 cm³/mol. The summed E-state index contributed by atoms with van der Waals surface area (Å²) in [6.45, 7) is 5.70. The first-order valence-corrected chi connectivity index (χ1v) is 7.22. The van der Waals surface area contributed by atoms with Crippen LogP contribution in [0.5, 0.6) is 5.75 Å². The molecule has 2 rings (SSSR count). The molecule has 0 spiro atoms. The van der Waals surface area contributed by atoms with Gasteiger partial charge in [0, 0.05) is 12.1 Å². The standard InChI is InChI=1S/C16H22N4O/c1-11(2)15-14(18-9-3-8-17)10-19-16(20-15)12-4-6-13(21)7-5-12/h4-7,10-11,18,21H,3,8-9,17H2,1-2H3. The molecule has 5 nitrogen and oxygen atoms in total. The monoisotopic (exact) mass is 286 g/mol. The number of nitrogens with two attached hydrogens (primary N) is 1. The number of anilines is 1. The van der Waals surface area contributed by atoms with Crippen molar-refractivity contribution in [3.05, 3.63) is 36.2 Å². The maximum absolute atomic E-state index is 9.35. The predicted octanol–water partition coefficient (Wildman–Crippen LogP) is 2.73. The largest absolute Gasteiger partial charge is 0.508 e. The molecular weight excluding hydrogens is 264 g/mol. The number of phenols is 1. The second-order valence-electron chi connectivity index (χ2n) is 5.26. The van der Waals surface area contributed by atoms with Gasteiger partial charge in [0.25, 0.3) is 0 Å². The van der Waals surface area contributed by atoms with Gasteiger partial charge in [-0.3, -0.25) is 0 Å². The summed E-state index contributed by atoms with van der Waals surface area (Å²) in [5, 5.41) is 12.7. The van der Waals surface area contributed by atoms with Gasteiger partial charge < -0.3 is 16.2 Å². The summed E-state index contributed by atoms with van der Waals surface area (Å²) in [5.74, 6) is 1.20. The van der Waals surface area contributed by atoms with Crippen molar-refractivity contribution in [1.82, 2.24) is 9.97 Å². The molecule has 112 valence electrons. The number of hydrogen-bond acceptors (Lipinski definition) is 5. The van der Waals surface area contributed by atoms with E-state index in [-0.39, 0.29) is 5.75 Å². The average molecular weight is 286 g/mol. The molecule has 1 heterocycles. The van der Waals surface area contributed by atoms with Crippen LogP contribution in [0.3, 0.4) is 0 Å². The Hall–Kier alpha value is -2.14. The van der Waals surface area contributed by atoms with Crippen molar-refractivity contribution in [1.29, 1.82) is 0 Å². The smallest absolute Gasteiger partial charge is 0.159 e. The SMILES string of the molecule is CC(C)c1nc(-c2ccc(O)cc2)ncc1NCCCN. The number of rotatable bonds is 6. The first-order valence-electron chi connectivity index (χ1n) is 7.22. The highest BCUT2D eigenvalue weighted by Crippen LogP contribution is 2.25. The summed E-state index contributed by atoms with van der Waals surface area (Å²) in [6, 6.07) is 6.91. The fourth-order valence-corrected chi connectivity index (χ4v) is 2.05. The maximum atomic E-state index is 9.35.